The Bertz CT molecular complexity index is 1400. The fraction of sp³-hybridized carbons (Fsp3) is 0.0800. The van der Waals surface area contributed by atoms with Crippen molar-refractivity contribution in [2.45, 2.75) is 6.54 Å². The number of halogens is 1. The Labute approximate surface area is 204 Å². The van der Waals surface area contributed by atoms with Crippen LogP contribution in [0.2, 0.25) is 0 Å². The zero-order valence-electron chi connectivity index (χ0n) is 19.0. The summed E-state index contributed by atoms with van der Waals surface area (Å²) in [5.41, 5.74) is 7.63. The topological polar surface area (TPSA) is 152 Å². The molecule has 0 bridgehead atoms. The normalized spacial score (nSPS) is 10.5. The Kier molecular flexibility index (Phi) is 7.12. The number of amides is 2. The lowest BCUT2D eigenvalue weighted by Gasteiger charge is -2.11. The van der Waals surface area contributed by atoms with Crippen LogP contribution in [0.4, 0.5) is 20.6 Å². The summed E-state index contributed by atoms with van der Waals surface area (Å²) < 4.78 is 24.9. The SMILES string of the molecule is COc1[nH]c(-c2cc(Oc3ccc(NC(=O)Nc4cc(CN)ccc4F)cc3)ccn2)cc1C(=O)O. The van der Waals surface area contributed by atoms with E-state index in [9.17, 15) is 19.1 Å². The van der Waals surface area contributed by atoms with Crippen molar-refractivity contribution in [1.29, 1.82) is 0 Å². The number of aromatic carboxylic acids is 1. The summed E-state index contributed by atoms with van der Waals surface area (Å²) >= 11 is 0. The molecule has 4 aromatic rings. The van der Waals surface area contributed by atoms with Gasteiger partial charge in [-0.1, -0.05) is 6.07 Å². The number of carbonyl (C=O) groups excluding carboxylic acids is 1. The molecule has 2 aromatic carbocycles. The number of benzene rings is 2. The van der Waals surface area contributed by atoms with Gasteiger partial charge in [0.15, 0.2) is 0 Å². The molecule has 0 fully saturated rings. The van der Waals surface area contributed by atoms with Gasteiger partial charge in [0, 0.05) is 24.5 Å². The third kappa shape index (κ3) is 5.59. The van der Waals surface area contributed by atoms with E-state index in [2.05, 4.69) is 20.6 Å². The molecule has 0 aliphatic heterocycles. The Hall–Kier alpha value is -4.90. The predicted molar refractivity (Wildman–Crippen MR) is 131 cm³/mol. The Balaban J connectivity index is 1.42. The number of nitrogens with one attached hydrogen (secondary N) is 3. The minimum atomic E-state index is -1.13. The van der Waals surface area contributed by atoms with Crippen LogP contribution in [0.15, 0.2) is 66.9 Å². The molecule has 0 saturated heterocycles. The predicted octanol–water partition coefficient (Wildman–Crippen LogP) is 4.82. The monoisotopic (exact) mass is 491 g/mol. The lowest BCUT2D eigenvalue weighted by atomic mass is 10.2. The summed E-state index contributed by atoms with van der Waals surface area (Å²) in [6, 6.07) is 14.9. The number of carboxylic acids is 1. The van der Waals surface area contributed by atoms with Gasteiger partial charge in [0.2, 0.25) is 5.88 Å². The number of methoxy groups -OCH3 is 1. The largest absolute Gasteiger partial charge is 0.482 e. The molecule has 4 rings (SSSR count). The first-order valence-electron chi connectivity index (χ1n) is 10.7. The number of pyridine rings is 1. The maximum Gasteiger partial charge on any atom is 0.341 e. The van der Waals surface area contributed by atoms with Gasteiger partial charge in [-0.2, -0.15) is 0 Å². The summed E-state index contributed by atoms with van der Waals surface area (Å²) in [5.74, 6) is -0.639. The minimum absolute atomic E-state index is 0.0115. The highest BCUT2D eigenvalue weighted by molar-refractivity contribution is 5.99. The quantitative estimate of drug-likeness (QED) is 0.237. The van der Waals surface area contributed by atoms with Crippen molar-refractivity contribution in [2.75, 3.05) is 17.7 Å². The number of urea groups is 1. The molecule has 0 aliphatic carbocycles. The molecular weight excluding hydrogens is 469 g/mol. The van der Waals surface area contributed by atoms with Crippen molar-refractivity contribution in [3.63, 3.8) is 0 Å². The van der Waals surface area contributed by atoms with Crippen LogP contribution in [0.25, 0.3) is 11.4 Å². The first-order valence-corrected chi connectivity index (χ1v) is 10.7. The second-order valence-corrected chi connectivity index (χ2v) is 7.54. The molecule has 0 unspecified atom stereocenters. The molecule has 184 valence electrons. The van der Waals surface area contributed by atoms with Gasteiger partial charge in [0.1, 0.15) is 22.9 Å². The van der Waals surface area contributed by atoms with E-state index >= 15 is 0 Å². The number of hydrogen-bond acceptors (Lipinski definition) is 6. The standard InChI is InChI=1S/C25H22FN5O5/c1-35-23-18(24(32)33)12-22(30-23)21-11-17(8-9-28-21)36-16-5-3-15(4-6-16)29-25(34)31-20-10-14(13-27)2-7-19(20)26/h2-12,30H,13,27H2,1H3,(H,32,33)(H2,29,31,34). The van der Waals surface area contributed by atoms with Crippen molar-refractivity contribution in [2.24, 2.45) is 5.73 Å². The average molecular weight is 491 g/mol. The molecule has 2 amide bonds. The van der Waals surface area contributed by atoms with Crippen molar-refractivity contribution in [3.05, 3.63) is 83.8 Å². The molecule has 2 heterocycles. The molecule has 2 aromatic heterocycles. The van der Waals surface area contributed by atoms with Gasteiger partial charge in [0.05, 0.1) is 24.2 Å². The molecule has 6 N–H and O–H groups in total. The van der Waals surface area contributed by atoms with E-state index in [0.717, 1.165) is 0 Å². The molecule has 0 atom stereocenters. The molecule has 36 heavy (non-hydrogen) atoms. The van der Waals surface area contributed by atoms with Crippen LogP contribution in [-0.4, -0.2) is 34.2 Å². The highest BCUT2D eigenvalue weighted by Crippen LogP contribution is 2.29. The Morgan fingerprint density at radius 3 is 2.50 bits per heavy atom. The Morgan fingerprint density at radius 2 is 1.83 bits per heavy atom. The third-order valence-electron chi connectivity index (χ3n) is 5.09. The molecular formula is C25H22FN5O5. The van der Waals surface area contributed by atoms with Crippen LogP contribution in [0, 0.1) is 5.82 Å². The summed E-state index contributed by atoms with van der Waals surface area (Å²) in [5, 5.41) is 14.4. The van der Waals surface area contributed by atoms with Gasteiger partial charge in [-0.3, -0.25) is 4.98 Å². The van der Waals surface area contributed by atoms with Crippen molar-refractivity contribution < 1.29 is 28.6 Å². The van der Waals surface area contributed by atoms with E-state index in [-0.39, 0.29) is 23.7 Å². The number of carboxylic acid groups (broad SMARTS) is 1. The van der Waals surface area contributed by atoms with Crippen LogP contribution in [0.1, 0.15) is 15.9 Å². The fourth-order valence-corrected chi connectivity index (χ4v) is 3.34. The van der Waals surface area contributed by atoms with Crippen LogP contribution in [-0.2, 0) is 6.54 Å². The van der Waals surface area contributed by atoms with Crippen LogP contribution in [0.5, 0.6) is 17.4 Å². The molecule has 0 spiro atoms. The summed E-state index contributed by atoms with van der Waals surface area (Å²) in [6.07, 6.45) is 1.53. The van der Waals surface area contributed by atoms with Gasteiger partial charge in [0.25, 0.3) is 0 Å². The molecule has 10 nitrogen and oxygen atoms in total. The highest BCUT2D eigenvalue weighted by Gasteiger charge is 2.17. The highest BCUT2D eigenvalue weighted by atomic mass is 19.1. The molecule has 0 radical (unpaired) electrons. The van der Waals surface area contributed by atoms with E-state index < -0.39 is 17.8 Å². The number of aromatic amines is 1. The summed E-state index contributed by atoms with van der Waals surface area (Å²) in [4.78, 5) is 30.8. The van der Waals surface area contributed by atoms with Gasteiger partial charge in [-0.05, 0) is 54.1 Å². The third-order valence-corrected chi connectivity index (χ3v) is 5.09. The van der Waals surface area contributed by atoms with Crippen molar-refractivity contribution in [1.82, 2.24) is 9.97 Å². The summed E-state index contributed by atoms with van der Waals surface area (Å²) in [7, 11) is 1.37. The number of H-pyrrole nitrogens is 1. The van der Waals surface area contributed by atoms with Gasteiger partial charge in [-0.15, -0.1) is 0 Å². The smallest absolute Gasteiger partial charge is 0.341 e. The van der Waals surface area contributed by atoms with E-state index in [4.69, 9.17) is 15.2 Å². The van der Waals surface area contributed by atoms with E-state index in [0.29, 0.717) is 34.1 Å². The second-order valence-electron chi connectivity index (χ2n) is 7.54. The van der Waals surface area contributed by atoms with Crippen molar-refractivity contribution >= 4 is 23.4 Å². The first-order chi connectivity index (χ1) is 17.4. The van der Waals surface area contributed by atoms with Crippen LogP contribution < -0.4 is 25.8 Å². The van der Waals surface area contributed by atoms with Crippen LogP contribution >= 0.6 is 0 Å². The van der Waals surface area contributed by atoms with Gasteiger partial charge >= 0.3 is 12.0 Å². The molecule has 0 aliphatic rings. The number of anilines is 2. The van der Waals surface area contributed by atoms with E-state index in [1.807, 2.05) is 0 Å². The van der Waals surface area contributed by atoms with E-state index in [1.54, 1.807) is 42.5 Å². The van der Waals surface area contributed by atoms with Gasteiger partial charge < -0.3 is 35.9 Å². The summed E-state index contributed by atoms with van der Waals surface area (Å²) in [6.45, 7) is 0.222. The second kappa shape index (κ2) is 10.6. The van der Waals surface area contributed by atoms with Crippen LogP contribution in [0.3, 0.4) is 0 Å². The molecule has 11 heteroatoms. The van der Waals surface area contributed by atoms with Crippen molar-refractivity contribution in [3.8, 4) is 28.8 Å². The van der Waals surface area contributed by atoms with E-state index in [1.165, 1.54) is 31.5 Å². The number of nitrogens with zero attached hydrogens (tertiary/aromatic N) is 1. The zero-order chi connectivity index (χ0) is 25.7. The van der Waals surface area contributed by atoms with Gasteiger partial charge in [-0.25, -0.2) is 14.0 Å². The molecule has 0 saturated carbocycles. The fourth-order valence-electron chi connectivity index (χ4n) is 3.34. The Morgan fingerprint density at radius 1 is 1.06 bits per heavy atom. The lowest BCUT2D eigenvalue weighted by molar-refractivity contribution is 0.0693. The number of ether oxygens (including phenoxy) is 2. The maximum atomic E-state index is 13.9. The number of hydrogen-bond donors (Lipinski definition) is 5. The first kappa shape index (κ1) is 24.2. The number of carbonyl (C=O) groups is 2. The number of rotatable bonds is 8. The maximum absolute atomic E-state index is 13.9. The average Bonchev–Trinajstić information content (AvgIpc) is 3.32. The number of aromatic nitrogens is 2. The minimum Gasteiger partial charge on any atom is -0.482 e. The number of nitrogens with two attached hydrogens (primary N) is 1. The lowest BCUT2D eigenvalue weighted by Crippen LogP contribution is -2.20. The zero-order valence-corrected chi connectivity index (χ0v) is 19.0.